The molecule has 0 aliphatic rings. The molecule has 96 valence electrons. The topological polar surface area (TPSA) is 56.7 Å². The standard InChI is InChI=1S/C12H14F2N4/c1-7(2)18-10(6-15)16-17-12(18)8-4-3-5-9(13)11(8)14/h3-5,7H,6,15H2,1-2H3. The normalized spacial score (nSPS) is 11.2. The molecule has 4 nitrogen and oxygen atoms in total. The minimum Gasteiger partial charge on any atom is -0.324 e. The van der Waals surface area contributed by atoms with E-state index in [2.05, 4.69) is 10.2 Å². The van der Waals surface area contributed by atoms with Gasteiger partial charge in [-0.25, -0.2) is 8.78 Å². The van der Waals surface area contributed by atoms with Crippen LogP contribution in [0, 0.1) is 11.6 Å². The van der Waals surface area contributed by atoms with Crippen LogP contribution >= 0.6 is 0 Å². The summed E-state index contributed by atoms with van der Waals surface area (Å²) in [5.74, 6) is -0.985. The average molecular weight is 252 g/mol. The molecule has 0 atom stereocenters. The SMILES string of the molecule is CC(C)n1c(CN)nnc1-c1cccc(F)c1F. The lowest BCUT2D eigenvalue weighted by Gasteiger charge is -2.13. The van der Waals surface area contributed by atoms with Crippen molar-refractivity contribution in [3.63, 3.8) is 0 Å². The van der Waals surface area contributed by atoms with Gasteiger partial charge in [0, 0.05) is 6.04 Å². The quantitative estimate of drug-likeness (QED) is 0.911. The number of hydrogen-bond donors (Lipinski definition) is 1. The lowest BCUT2D eigenvalue weighted by Crippen LogP contribution is -2.12. The summed E-state index contributed by atoms with van der Waals surface area (Å²) in [6.45, 7) is 4.01. The second-order valence-corrected chi connectivity index (χ2v) is 4.21. The summed E-state index contributed by atoms with van der Waals surface area (Å²) in [5.41, 5.74) is 5.65. The smallest absolute Gasteiger partial charge is 0.169 e. The van der Waals surface area contributed by atoms with Gasteiger partial charge in [0.2, 0.25) is 0 Å². The van der Waals surface area contributed by atoms with Gasteiger partial charge >= 0.3 is 0 Å². The van der Waals surface area contributed by atoms with Gasteiger partial charge < -0.3 is 10.3 Å². The van der Waals surface area contributed by atoms with Crippen molar-refractivity contribution < 1.29 is 8.78 Å². The van der Waals surface area contributed by atoms with Crippen LogP contribution in [0.3, 0.4) is 0 Å². The van der Waals surface area contributed by atoms with Crippen LogP contribution in [0.4, 0.5) is 8.78 Å². The van der Waals surface area contributed by atoms with Crippen LogP contribution in [0.1, 0.15) is 25.7 Å². The van der Waals surface area contributed by atoms with Gasteiger partial charge in [-0.05, 0) is 26.0 Å². The van der Waals surface area contributed by atoms with Crippen molar-refractivity contribution in [1.29, 1.82) is 0 Å². The zero-order chi connectivity index (χ0) is 13.3. The molecule has 0 unspecified atom stereocenters. The Hall–Kier alpha value is -1.82. The maximum atomic E-state index is 13.8. The first kappa shape index (κ1) is 12.6. The van der Waals surface area contributed by atoms with E-state index in [-0.39, 0.29) is 18.2 Å². The Bertz CT molecular complexity index is 563. The number of benzene rings is 1. The van der Waals surface area contributed by atoms with Gasteiger partial charge in [-0.1, -0.05) is 6.07 Å². The Labute approximate surface area is 103 Å². The van der Waals surface area contributed by atoms with Gasteiger partial charge in [0.1, 0.15) is 5.82 Å². The number of rotatable bonds is 3. The van der Waals surface area contributed by atoms with E-state index in [1.165, 1.54) is 12.1 Å². The average Bonchev–Trinajstić information content (AvgIpc) is 2.76. The van der Waals surface area contributed by atoms with E-state index in [4.69, 9.17) is 5.73 Å². The zero-order valence-corrected chi connectivity index (χ0v) is 10.2. The van der Waals surface area contributed by atoms with Crippen molar-refractivity contribution in [2.75, 3.05) is 0 Å². The molecular weight excluding hydrogens is 238 g/mol. The van der Waals surface area contributed by atoms with Crippen molar-refractivity contribution >= 4 is 0 Å². The number of hydrogen-bond acceptors (Lipinski definition) is 3. The second-order valence-electron chi connectivity index (χ2n) is 4.21. The highest BCUT2D eigenvalue weighted by Crippen LogP contribution is 2.26. The van der Waals surface area contributed by atoms with Gasteiger partial charge in [-0.15, -0.1) is 10.2 Å². The van der Waals surface area contributed by atoms with E-state index in [0.29, 0.717) is 11.6 Å². The third kappa shape index (κ3) is 1.99. The molecule has 0 fully saturated rings. The Balaban J connectivity index is 2.64. The lowest BCUT2D eigenvalue weighted by molar-refractivity contribution is 0.507. The molecule has 2 rings (SSSR count). The van der Waals surface area contributed by atoms with Gasteiger partial charge in [0.05, 0.1) is 12.1 Å². The van der Waals surface area contributed by atoms with Crippen molar-refractivity contribution in [2.24, 2.45) is 5.73 Å². The third-order valence-corrected chi connectivity index (χ3v) is 2.66. The molecule has 0 amide bonds. The highest BCUT2D eigenvalue weighted by molar-refractivity contribution is 5.56. The summed E-state index contributed by atoms with van der Waals surface area (Å²) >= 11 is 0. The Kier molecular flexibility index (Phi) is 3.38. The molecular formula is C12H14F2N4. The molecule has 0 saturated heterocycles. The molecule has 0 aliphatic carbocycles. The van der Waals surface area contributed by atoms with Gasteiger partial charge in [0.15, 0.2) is 17.5 Å². The monoisotopic (exact) mass is 252 g/mol. The lowest BCUT2D eigenvalue weighted by atomic mass is 10.2. The molecule has 6 heteroatoms. The molecule has 0 radical (unpaired) electrons. The largest absolute Gasteiger partial charge is 0.324 e. The fraction of sp³-hybridized carbons (Fsp3) is 0.333. The van der Waals surface area contributed by atoms with Crippen LogP contribution in [0.15, 0.2) is 18.2 Å². The number of aromatic nitrogens is 3. The van der Waals surface area contributed by atoms with Gasteiger partial charge in [-0.2, -0.15) is 0 Å². The first-order chi connectivity index (χ1) is 8.56. The van der Waals surface area contributed by atoms with Crippen molar-refractivity contribution in [2.45, 2.75) is 26.4 Å². The molecule has 0 saturated carbocycles. The molecule has 1 heterocycles. The predicted molar refractivity (Wildman–Crippen MR) is 63.7 cm³/mol. The predicted octanol–water partition coefficient (Wildman–Crippen LogP) is 2.26. The Morgan fingerprint density at radius 3 is 2.61 bits per heavy atom. The minimum atomic E-state index is -0.921. The van der Waals surface area contributed by atoms with E-state index >= 15 is 0 Å². The highest BCUT2D eigenvalue weighted by Gasteiger charge is 2.19. The summed E-state index contributed by atoms with van der Waals surface area (Å²) in [7, 11) is 0. The first-order valence-electron chi connectivity index (χ1n) is 5.64. The maximum Gasteiger partial charge on any atom is 0.169 e. The van der Waals surface area contributed by atoms with Crippen molar-refractivity contribution in [3.8, 4) is 11.4 Å². The molecule has 0 bridgehead atoms. The maximum absolute atomic E-state index is 13.8. The fourth-order valence-corrected chi connectivity index (χ4v) is 1.87. The summed E-state index contributed by atoms with van der Waals surface area (Å²) in [5, 5.41) is 7.81. The molecule has 2 aromatic rings. The van der Waals surface area contributed by atoms with E-state index in [0.717, 1.165) is 6.07 Å². The van der Waals surface area contributed by atoms with Crippen LogP contribution in [-0.4, -0.2) is 14.8 Å². The molecule has 2 N–H and O–H groups in total. The van der Waals surface area contributed by atoms with Crippen LogP contribution in [0.5, 0.6) is 0 Å². The molecule has 0 aliphatic heterocycles. The summed E-state index contributed by atoms with van der Waals surface area (Å²) in [6.07, 6.45) is 0. The van der Waals surface area contributed by atoms with Crippen molar-refractivity contribution in [3.05, 3.63) is 35.7 Å². The molecule has 0 spiro atoms. The molecule has 18 heavy (non-hydrogen) atoms. The van der Waals surface area contributed by atoms with Crippen LogP contribution < -0.4 is 5.73 Å². The van der Waals surface area contributed by atoms with E-state index in [1.54, 1.807) is 4.57 Å². The highest BCUT2D eigenvalue weighted by atomic mass is 19.2. The van der Waals surface area contributed by atoms with Gasteiger partial charge in [0.25, 0.3) is 0 Å². The molecule has 1 aromatic carbocycles. The van der Waals surface area contributed by atoms with Crippen LogP contribution in [0.25, 0.3) is 11.4 Å². The van der Waals surface area contributed by atoms with E-state index < -0.39 is 11.6 Å². The fourth-order valence-electron chi connectivity index (χ4n) is 1.87. The number of nitrogens with two attached hydrogens (primary N) is 1. The van der Waals surface area contributed by atoms with Crippen LogP contribution in [-0.2, 0) is 6.54 Å². The summed E-state index contributed by atoms with van der Waals surface area (Å²) < 4.78 is 28.7. The van der Waals surface area contributed by atoms with Crippen molar-refractivity contribution in [1.82, 2.24) is 14.8 Å². The zero-order valence-electron chi connectivity index (χ0n) is 10.2. The Morgan fingerprint density at radius 2 is 2.00 bits per heavy atom. The second kappa shape index (κ2) is 4.81. The van der Waals surface area contributed by atoms with E-state index in [9.17, 15) is 8.78 Å². The summed E-state index contributed by atoms with van der Waals surface area (Å²) in [6, 6.07) is 3.99. The van der Waals surface area contributed by atoms with Gasteiger partial charge in [-0.3, -0.25) is 0 Å². The number of nitrogens with zero attached hydrogens (tertiary/aromatic N) is 3. The van der Waals surface area contributed by atoms with Crippen LogP contribution in [0.2, 0.25) is 0 Å². The molecule has 1 aromatic heterocycles. The minimum absolute atomic E-state index is 0.0104. The third-order valence-electron chi connectivity index (χ3n) is 2.66. The Morgan fingerprint density at radius 1 is 1.28 bits per heavy atom. The number of halogens is 2. The summed E-state index contributed by atoms with van der Waals surface area (Å²) in [4.78, 5) is 0. The first-order valence-corrected chi connectivity index (χ1v) is 5.64. The van der Waals surface area contributed by atoms with E-state index in [1.807, 2.05) is 13.8 Å².